The van der Waals surface area contributed by atoms with Gasteiger partial charge in [-0.15, -0.1) is 0 Å². The van der Waals surface area contributed by atoms with Gasteiger partial charge in [0.1, 0.15) is 11.5 Å². The predicted molar refractivity (Wildman–Crippen MR) is 89.5 cm³/mol. The molecule has 7 heteroatoms. The first kappa shape index (κ1) is 17.9. The molecule has 1 N–H and O–H groups in total. The lowest BCUT2D eigenvalue weighted by molar-refractivity contribution is -0.149. The lowest BCUT2D eigenvalue weighted by Crippen LogP contribution is -2.42. The standard InChI is InChI=1S/C17H24N2O5/c1-4-24-16(20)12-5-7-19(8-6-12)17(21)18-13-9-14(22-2)11-15(10-13)23-3/h9-12H,4-8H2,1-3H3,(H,18,21). The SMILES string of the molecule is CCOC(=O)C1CCN(C(=O)Nc2cc(OC)cc(OC)c2)CC1. The maximum Gasteiger partial charge on any atom is 0.321 e. The third-order valence-corrected chi connectivity index (χ3v) is 4.00. The molecule has 0 bridgehead atoms. The molecule has 0 spiro atoms. The van der Waals surface area contributed by atoms with Gasteiger partial charge in [-0.1, -0.05) is 0 Å². The second kappa shape index (κ2) is 8.42. The summed E-state index contributed by atoms with van der Waals surface area (Å²) >= 11 is 0. The summed E-state index contributed by atoms with van der Waals surface area (Å²) in [6.45, 7) is 3.23. The Morgan fingerprint density at radius 2 is 1.71 bits per heavy atom. The number of hydrogen-bond acceptors (Lipinski definition) is 5. The molecule has 1 heterocycles. The summed E-state index contributed by atoms with van der Waals surface area (Å²) in [5.41, 5.74) is 0.601. The van der Waals surface area contributed by atoms with E-state index >= 15 is 0 Å². The van der Waals surface area contributed by atoms with E-state index in [1.807, 2.05) is 0 Å². The Bertz CT molecular complexity index is 560. The minimum absolute atomic E-state index is 0.120. The largest absolute Gasteiger partial charge is 0.497 e. The highest BCUT2D eigenvalue weighted by molar-refractivity contribution is 5.90. The quantitative estimate of drug-likeness (QED) is 0.836. The van der Waals surface area contributed by atoms with Crippen LogP contribution in [0.15, 0.2) is 18.2 Å². The molecular weight excluding hydrogens is 312 g/mol. The van der Waals surface area contributed by atoms with Crippen molar-refractivity contribution in [3.63, 3.8) is 0 Å². The number of amides is 2. The Balaban J connectivity index is 1.93. The van der Waals surface area contributed by atoms with Gasteiger partial charge < -0.3 is 24.4 Å². The minimum atomic E-state index is -0.201. The fourth-order valence-corrected chi connectivity index (χ4v) is 2.66. The molecule has 1 aromatic rings. The average Bonchev–Trinajstić information content (AvgIpc) is 2.61. The van der Waals surface area contributed by atoms with Crippen LogP contribution in [0.3, 0.4) is 0 Å². The van der Waals surface area contributed by atoms with E-state index in [2.05, 4.69) is 5.32 Å². The van der Waals surface area contributed by atoms with Gasteiger partial charge in [-0.3, -0.25) is 4.79 Å². The number of methoxy groups -OCH3 is 2. The van der Waals surface area contributed by atoms with Gasteiger partial charge in [0, 0.05) is 37.0 Å². The van der Waals surface area contributed by atoms with Crippen LogP contribution in [0.5, 0.6) is 11.5 Å². The van der Waals surface area contributed by atoms with Gasteiger partial charge in [0.25, 0.3) is 0 Å². The third-order valence-electron chi connectivity index (χ3n) is 4.00. The number of urea groups is 1. The average molecular weight is 336 g/mol. The molecule has 1 fully saturated rings. The van der Waals surface area contributed by atoms with E-state index in [-0.39, 0.29) is 17.9 Å². The number of carbonyl (C=O) groups is 2. The molecule has 0 aromatic heterocycles. The molecule has 0 atom stereocenters. The van der Waals surface area contributed by atoms with Gasteiger partial charge in [0.05, 0.1) is 26.7 Å². The van der Waals surface area contributed by atoms with Crippen molar-refractivity contribution in [1.82, 2.24) is 4.90 Å². The Hall–Kier alpha value is -2.44. The second-order valence-corrected chi connectivity index (χ2v) is 5.54. The molecule has 0 radical (unpaired) electrons. The Labute approximate surface area is 141 Å². The van der Waals surface area contributed by atoms with Crippen molar-refractivity contribution in [3.05, 3.63) is 18.2 Å². The predicted octanol–water partition coefficient (Wildman–Crippen LogP) is 2.51. The normalized spacial score (nSPS) is 14.9. The van der Waals surface area contributed by atoms with E-state index in [1.54, 1.807) is 44.2 Å². The summed E-state index contributed by atoms with van der Waals surface area (Å²) in [4.78, 5) is 25.8. The van der Waals surface area contributed by atoms with Crippen LogP contribution in [0.2, 0.25) is 0 Å². The first-order chi connectivity index (χ1) is 11.6. The van der Waals surface area contributed by atoms with Crippen molar-refractivity contribution in [3.8, 4) is 11.5 Å². The molecule has 1 aromatic carbocycles. The van der Waals surface area contributed by atoms with Gasteiger partial charge in [0.2, 0.25) is 0 Å². The fraction of sp³-hybridized carbons (Fsp3) is 0.529. The highest BCUT2D eigenvalue weighted by Gasteiger charge is 2.28. The number of hydrogen-bond donors (Lipinski definition) is 1. The molecule has 0 aliphatic carbocycles. The molecule has 0 saturated carbocycles. The number of ether oxygens (including phenoxy) is 3. The van der Waals surface area contributed by atoms with Crippen LogP contribution >= 0.6 is 0 Å². The first-order valence-corrected chi connectivity index (χ1v) is 8.03. The molecule has 1 aliphatic rings. The maximum atomic E-state index is 12.4. The number of carbonyl (C=O) groups excluding carboxylic acids is 2. The molecule has 132 valence electrons. The van der Waals surface area contributed by atoms with Gasteiger partial charge in [-0.2, -0.15) is 0 Å². The molecule has 1 saturated heterocycles. The van der Waals surface area contributed by atoms with E-state index in [0.29, 0.717) is 49.7 Å². The van der Waals surface area contributed by atoms with E-state index < -0.39 is 0 Å². The second-order valence-electron chi connectivity index (χ2n) is 5.54. The van der Waals surface area contributed by atoms with Crippen LogP contribution in [0.4, 0.5) is 10.5 Å². The van der Waals surface area contributed by atoms with Crippen LogP contribution in [0.1, 0.15) is 19.8 Å². The lowest BCUT2D eigenvalue weighted by Gasteiger charge is -2.30. The van der Waals surface area contributed by atoms with Crippen molar-refractivity contribution in [2.45, 2.75) is 19.8 Å². The van der Waals surface area contributed by atoms with Crippen LogP contribution in [0.25, 0.3) is 0 Å². The Kier molecular flexibility index (Phi) is 6.28. The van der Waals surface area contributed by atoms with E-state index in [9.17, 15) is 9.59 Å². The number of benzene rings is 1. The van der Waals surface area contributed by atoms with Crippen molar-refractivity contribution in [1.29, 1.82) is 0 Å². The van der Waals surface area contributed by atoms with Gasteiger partial charge in [-0.25, -0.2) is 4.79 Å². The maximum absolute atomic E-state index is 12.4. The first-order valence-electron chi connectivity index (χ1n) is 8.03. The van der Waals surface area contributed by atoms with Crippen LogP contribution in [-0.2, 0) is 9.53 Å². The van der Waals surface area contributed by atoms with Crippen LogP contribution in [0, 0.1) is 5.92 Å². The zero-order chi connectivity index (χ0) is 17.5. The monoisotopic (exact) mass is 336 g/mol. The Morgan fingerprint density at radius 3 is 2.21 bits per heavy atom. The van der Waals surface area contributed by atoms with Crippen LogP contribution < -0.4 is 14.8 Å². The molecule has 2 amide bonds. The number of anilines is 1. The van der Waals surface area contributed by atoms with Gasteiger partial charge in [0.15, 0.2) is 0 Å². The van der Waals surface area contributed by atoms with Crippen molar-refractivity contribution in [2.75, 3.05) is 39.2 Å². The van der Waals surface area contributed by atoms with Crippen molar-refractivity contribution in [2.24, 2.45) is 5.92 Å². The fourth-order valence-electron chi connectivity index (χ4n) is 2.66. The smallest absolute Gasteiger partial charge is 0.321 e. The number of esters is 1. The molecule has 7 nitrogen and oxygen atoms in total. The molecule has 24 heavy (non-hydrogen) atoms. The van der Waals surface area contributed by atoms with E-state index in [0.717, 1.165) is 0 Å². The van der Waals surface area contributed by atoms with Crippen LogP contribution in [-0.4, -0.2) is 50.8 Å². The summed E-state index contributed by atoms with van der Waals surface area (Å²) in [6, 6.07) is 4.99. The highest BCUT2D eigenvalue weighted by Crippen LogP contribution is 2.26. The molecule has 2 rings (SSSR count). The van der Waals surface area contributed by atoms with Gasteiger partial charge in [-0.05, 0) is 19.8 Å². The lowest BCUT2D eigenvalue weighted by atomic mass is 9.97. The zero-order valence-corrected chi connectivity index (χ0v) is 14.3. The summed E-state index contributed by atoms with van der Waals surface area (Å²) < 4.78 is 15.4. The minimum Gasteiger partial charge on any atom is -0.497 e. The summed E-state index contributed by atoms with van der Waals surface area (Å²) in [5, 5.41) is 2.84. The molecule has 1 aliphatic heterocycles. The molecular formula is C17H24N2O5. The Morgan fingerprint density at radius 1 is 1.12 bits per heavy atom. The number of rotatable bonds is 5. The highest BCUT2D eigenvalue weighted by atomic mass is 16.5. The van der Waals surface area contributed by atoms with E-state index in [1.165, 1.54) is 0 Å². The number of likely N-dealkylation sites (tertiary alicyclic amines) is 1. The third kappa shape index (κ3) is 4.53. The summed E-state index contributed by atoms with van der Waals surface area (Å²) in [7, 11) is 3.11. The summed E-state index contributed by atoms with van der Waals surface area (Å²) in [5.74, 6) is 0.914. The zero-order valence-electron chi connectivity index (χ0n) is 14.3. The van der Waals surface area contributed by atoms with Gasteiger partial charge >= 0.3 is 12.0 Å². The van der Waals surface area contributed by atoms with Crippen molar-refractivity contribution >= 4 is 17.7 Å². The number of piperidine rings is 1. The van der Waals surface area contributed by atoms with E-state index in [4.69, 9.17) is 14.2 Å². The topological polar surface area (TPSA) is 77.1 Å². The molecule has 0 unspecified atom stereocenters. The van der Waals surface area contributed by atoms with Crippen molar-refractivity contribution < 1.29 is 23.8 Å². The summed E-state index contributed by atoms with van der Waals surface area (Å²) in [6.07, 6.45) is 1.24. The number of nitrogens with zero attached hydrogens (tertiary/aromatic N) is 1. The number of nitrogens with one attached hydrogen (secondary N) is 1.